The van der Waals surface area contributed by atoms with Gasteiger partial charge in [-0.1, -0.05) is 122 Å². The van der Waals surface area contributed by atoms with Crippen molar-refractivity contribution in [2.24, 2.45) is 23.7 Å². The molecule has 11 rings (SSSR count). The van der Waals surface area contributed by atoms with Crippen LogP contribution in [-0.2, 0) is 63.1 Å². The Morgan fingerprint density at radius 1 is 0.758 bits per heavy atom. The molecule has 0 amide bonds. The molecule has 6 aromatic rings. The van der Waals surface area contributed by atoms with Crippen LogP contribution < -0.4 is 0 Å². The summed E-state index contributed by atoms with van der Waals surface area (Å²) >= 11 is 1.68. The lowest BCUT2D eigenvalue weighted by Gasteiger charge is -2.36. The maximum atomic E-state index is 14.9. The summed E-state index contributed by atoms with van der Waals surface area (Å²) in [5.41, 5.74) is 7.84. The third-order valence-corrected chi connectivity index (χ3v) is 16.1. The average Bonchev–Trinajstić information content (AvgIpc) is 3.90. The molecule has 0 spiro atoms. The van der Waals surface area contributed by atoms with Gasteiger partial charge in [0.05, 0.1) is 17.4 Å². The normalized spacial score (nSPS) is 26.4. The Morgan fingerprint density at radius 3 is 2.26 bits per heavy atom. The van der Waals surface area contributed by atoms with E-state index in [-0.39, 0.29) is 11.5 Å². The molecule has 0 radical (unpaired) electrons. The van der Waals surface area contributed by atoms with Crippen LogP contribution in [0, 0.1) is 23.7 Å². The van der Waals surface area contributed by atoms with E-state index in [1.165, 1.54) is 0 Å². The van der Waals surface area contributed by atoms with Gasteiger partial charge in [-0.3, -0.25) is 9.59 Å². The van der Waals surface area contributed by atoms with Gasteiger partial charge in [-0.2, -0.15) is 0 Å². The predicted molar refractivity (Wildman–Crippen MR) is 253 cm³/mol. The summed E-state index contributed by atoms with van der Waals surface area (Å²) in [6.45, 7) is 13.3. The van der Waals surface area contributed by atoms with E-state index in [1.54, 1.807) is 24.8 Å². The van der Waals surface area contributed by atoms with Crippen LogP contribution in [0.1, 0.15) is 82.1 Å². The molecule has 0 aromatic heterocycles. The monoisotopic (exact) mass is 892 g/mol. The molecule has 3 fully saturated rings. The molecule has 2 saturated carbocycles. The van der Waals surface area contributed by atoms with Gasteiger partial charge in [0.25, 0.3) is 0 Å². The number of carbonyl (C=O) groups excluding carboxylic acids is 4. The molecular weight excluding hydrogens is 845 g/mol. The zero-order valence-corrected chi connectivity index (χ0v) is 37.8. The molecule has 8 nitrogen and oxygen atoms in total. The van der Waals surface area contributed by atoms with Crippen LogP contribution in [0.5, 0.6) is 0 Å². The molecule has 8 unspecified atom stereocenters. The Hall–Kier alpha value is -6.71. The number of hydrogen-bond acceptors (Lipinski definition) is 9. The number of fused-ring (bicyclic) bond motifs is 6. The van der Waals surface area contributed by atoms with Gasteiger partial charge in [0.2, 0.25) is 0 Å². The first-order chi connectivity index (χ1) is 31.9. The van der Waals surface area contributed by atoms with Gasteiger partial charge < -0.3 is 18.9 Å². The van der Waals surface area contributed by atoms with E-state index in [0.717, 1.165) is 84.1 Å². The van der Waals surface area contributed by atoms with Crippen molar-refractivity contribution >= 4 is 52.5 Å². The van der Waals surface area contributed by atoms with Crippen LogP contribution in [0.3, 0.4) is 0 Å². The van der Waals surface area contributed by atoms with Gasteiger partial charge >= 0.3 is 23.9 Å². The smallest absolute Gasteiger partial charge is 0.339 e. The molecule has 9 heteroatoms. The number of hydrogen-bond donors (Lipinski definition) is 0. The highest BCUT2D eigenvalue weighted by atomic mass is 32.2. The van der Waals surface area contributed by atoms with Crippen molar-refractivity contribution in [2.45, 2.75) is 74.1 Å². The lowest BCUT2D eigenvalue weighted by molar-refractivity contribution is -0.170. The minimum Gasteiger partial charge on any atom is -0.458 e. The number of thioether (sulfide) groups is 1. The third-order valence-electron chi connectivity index (χ3n) is 15.0. The highest BCUT2D eigenvalue weighted by molar-refractivity contribution is 7.98. The maximum absolute atomic E-state index is 14.9. The average molecular weight is 893 g/mol. The fraction of sp³-hybridized carbons (Fsp3) is 0.263. The second kappa shape index (κ2) is 15.7. The van der Waals surface area contributed by atoms with Crippen LogP contribution in [0.15, 0.2) is 145 Å². The summed E-state index contributed by atoms with van der Waals surface area (Å²) in [5.74, 6) is -3.57. The molecule has 2 bridgehead atoms. The van der Waals surface area contributed by atoms with Crippen LogP contribution in [0.2, 0.25) is 0 Å². The van der Waals surface area contributed by atoms with E-state index >= 15 is 0 Å². The fourth-order valence-electron chi connectivity index (χ4n) is 11.9. The summed E-state index contributed by atoms with van der Waals surface area (Å²) in [4.78, 5) is 56.8. The van der Waals surface area contributed by atoms with E-state index in [1.807, 2.05) is 92.7 Å². The molecule has 330 valence electrons. The van der Waals surface area contributed by atoms with E-state index in [2.05, 4.69) is 55.6 Å². The van der Waals surface area contributed by atoms with Gasteiger partial charge in [0, 0.05) is 50.3 Å². The molecule has 5 aliphatic rings. The second-order valence-corrected chi connectivity index (χ2v) is 19.7. The summed E-state index contributed by atoms with van der Waals surface area (Å²) < 4.78 is 25.4. The van der Waals surface area contributed by atoms with Crippen LogP contribution in [-0.4, -0.2) is 36.1 Å². The van der Waals surface area contributed by atoms with Crippen molar-refractivity contribution in [2.75, 3.05) is 0 Å². The first kappa shape index (κ1) is 42.0. The van der Waals surface area contributed by atoms with Crippen LogP contribution in [0.25, 0.3) is 28.0 Å². The molecule has 0 N–H and O–H groups in total. The number of benzene rings is 6. The van der Waals surface area contributed by atoms with E-state index in [9.17, 15) is 19.2 Å². The Bertz CT molecular complexity index is 3100. The zero-order chi connectivity index (χ0) is 45.6. The van der Waals surface area contributed by atoms with Gasteiger partial charge in [-0.15, -0.1) is 11.8 Å². The Kier molecular flexibility index (Phi) is 10.00. The van der Waals surface area contributed by atoms with Crippen molar-refractivity contribution < 1.29 is 38.1 Å². The first-order valence-corrected chi connectivity index (χ1v) is 23.6. The summed E-state index contributed by atoms with van der Waals surface area (Å²) in [5, 5.41) is 1.73. The molecule has 2 heterocycles. The van der Waals surface area contributed by atoms with E-state index in [0.29, 0.717) is 17.7 Å². The number of carbonyl (C=O) groups is 4. The summed E-state index contributed by atoms with van der Waals surface area (Å²) in [7, 11) is 0. The van der Waals surface area contributed by atoms with Gasteiger partial charge in [-0.05, 0) is 102 Å². The van der Waals surface area contributed by atoms with Crippen molar-refractivity contribution in [3.05, 3.63) is 190 Å². The third kappa shape index (κ3) is 6.41. The number of rotatable bonds is 8. The van der Waals surface area contributed by atoms with E-state index in [4.69, 9.17) is 18.9 Å². The minimum atomic E-state index is -1.27. The lowest BCUT2D eigenvalue weighted by Crippen LogP contribution is -2.45. The molecule has 6 aromatic carbocycles. The quantitative estimate of drug-likeness (QED) is 0.0839. The molecule has 8 atom stereocenters. The van der Waals surface area contributed by atoms with E-state index < -0.39 is 65.0 Å². The highest BCUT2D eigenvalue weighted by Crippen LogP contribution is 2.60. The highest BCUT2D eigenvalue weighted by Gasteiger charge is 2.70. The minimum absolute atomic E-state index is 0.235. The maximum Gasteiger partial charge on any atom is 0.339 e. The van der Waals surface area contributed by atoms with Gasteiger partial charge in [0.15, 0.2) is 11.2 Å². The summed E-state index contributed by atoms with van der Waals surface area (Å²) in [6.07, 6.45) is 2.52. The predicted octanol–water partition coefficient (Wildman–Crippen LogP) is 11.1. The Balaban J connectivity index is 1.000. The van der Waals surface area contributed by atoms with Crippen molar-refractivity contribution in [3.8, 4) is 11.1 Å². The number of esters is 4. The SMILES string of the molecule is C=Cc1cccc2c(C(=O)OC3(C)c4ccccc4CCc4ccc(-c5cccc6c5CSc5ccccc5C6(C)OC(=O)C5C6CC7C(OC(=O)C75)C6OC(=O)C(=C)C)cc43)cccc12. The number of ether oxygens (including phenoxy) is 4. The van der Waals surface area contributed by atoms with Crippen LogP contribution >= 0.6 is 11.8 Å². The topological polar surface area (TPSA) is 105 Å². The molecule has 66 heavy (non-hydrogen) atoms. The lowest BCUT2D eigenvalue weighted by atomic mass is 9.77. The molecule has 1 saturated heterocycles. The molecule has 3 aliphatic carbocycles. The van der Waals surface area contributed by atoms with Crippen molar-refractivity contribution in [1.29, 1.82) is 0 Å². The zero-order valence-electron chi connectivity index (χ0n) is 37.0. The number of aryl methyl sites for hydroxylation is 2. The Morgan fingerprint density at radius 2 is 1.45 bits per heavy atom. The van der Waals surface area contributed by atoms with Gasteiger partial charge in [-0.25, -0.2) is 9.59 Å². The fourth-order valence-corrected chi connectivity index (χ4v) is 13.1. The van der Waals surface area contributed by atoms with Crippen molar-refractivity contribution in [1.82, 2.24) is 0 Å². The van der Waals surface area contributed by atoms with Gasteiger partial charge in [0.1, 0.15) is 12.2 Å². The molecular formula is C57H48O8S. The molecule has 2 aliphatic heterocycles. The standard InChI is InChI=1S/C57H48O8S/c1-6-32-15-11-18-38-36(32)16-12-19-39(38)53(59)64-56(4)43-20-8-7-14-33(43)24-25-34-26-27-35(28-46(34)56)37-17-13-22-44-42(37)30-66-47-23-10-9-21-45(47)57(44,5)65-55(61)49-41-29-40-48(49)54(60)63-51(40)50(41)62-52(58)31(2)3/h6-23,26-28,40-41,48-51H,1-2,24-25,29-30H2,3-5H3. The Labute approximate surface area is 388 Å². The second-order valence-electron chi connectivity index (χ2n) is 18.6. The van der Waals surface area contributed by atoms with Crippen molar-refractivity contribution in [3.63, 3.8) is 0 Å². The first-order valence-electron chi connectivity index (χ1n) is 22.6. The largest absolute Gasteiger partial charge is 0.458 e. The van der Waals surface area contributed by atoms with Crippen LogP contribution in [0.4, 0.5) is 0 Å². The summed E-state index contributed by atoms with van der Waals surface area (Å²) in [6, 6.07) is 40.4.